The van der Waals surface area contributed by atoms with Gasteiger partial charge in [0.15, 0.2) is 0 Å². The van der Waals surface area contributed by atoms with E-state index in [1.165, 1.54) is 4.31 Å². The fraction of sp³-hybridized carbons (Fsp3) is 0.200. The van der Waals surface area contributed by atoms with Crippen LogP contribution in [0, 0.1) is 13.8 Å². The summed E-state index contributed by atoms with van der Waals surface area (Å²) in [4.78, 5) is 0.282. The van der Waals surface area contributed by atoms with E-state index in [0.29, 0.717) is 5.69 Å². The molecular weight excluding hydrogens is 338 g/mol. The maximum atomic E-state index is 12.6. The van der Waals surface area contributed by atoms with Crippen LogP contribution >= 0.6 is 15.9 Å². The molecule has 0 saturated heterocycles. The number of hydrogen-bond acceptors (Lipinski definition) is 2. The summed E-state index contributed by atoms with van der Waals surface area (Å²) in [5.74, 6) is 0. The first kappa shape index (κ1) is 15.1. The van der Waals surface area contributed by atoms with Crippen LogP contribution in [0.4, 0.5) is 5.69 Å². The molecule has 106 valence electrons. The maximum absolute atomic E-state index is 12.6. The SMILES string of the molecule is Cc1cccc(N(C)S(=O)(=O)c2ccc(Br)cc2)c1C. The zero-order chi connectivity index (χ0) is 14.9. The molecular formula is C15H16BrNO2S. The van der Waals surface area contributed by atoms with Gasteiger partial charge in [0.1, 0.15) is 0 Å². The van der Waals surface area contributed by atoms with Crippen molar-refractivity contribution >= 4 is 31.6 Å². The molecule has 0 saturated carbocycles. The van der Waals surface area contributed by atoms with Gasteiger partial charge in [0, 0.05) is 11.5 Å². The maximum Gasteiger partial charge on any atom is 0.264 e. The third kappa shape index (κ3) is 2.74. The van der Waals surface area contributed by atoms with Crippen LogP contribution in [-0.4, -0.2) is 15.5 Å². The van der Waals surface area contributed by atoms with E-state index in [1.807, 2.05) is 32.0 Å². The summed E-state index contributed by atoms with van der Waals surface area (Å²) in [6, 6.07) is 12.3. The Bertz CT molecular complexity index is 724. The molecule has 2 aromatic carbocycles. The second kappa shape index (κ2) is 5.58. The molecule has 0 aromatic heterocycles. The van der Waals surface area contributed by atoms with Gasteiger partial charge in [0.2, 0.25) is 0 Å². The molecule has 3 nitrogen and oxygen atoms in total. The summed E-state index contributed by atoms with van der Waals surface area (Å²) in [5.41, 5.74) is 2.74. The largest absolute Gasteiger partial charge is 0.269 e. The fourth-order valence-electron chi connectivity index (χ4n) is 1.97. The lowest BCUT2D eigenvalue weighted by Gasteiger charge is -2.22. The molecule has 0 aliphatic rings. The molecule has 0 bridgehead atoms. The number of rotatable bonds is 3. The molecule has 2 rings (SSSR count). The lowest BCUT2D eigenvalue weighted by Crippen LogP contribution is -2.27. The molecule has 0 N–H and O–H groups in total. The second-order valence-electron chi connectivity index (χ2n) is 4.65. The molecule has 0 atom stereocenters. The van der Waals surface area contributed by atoms with Gasteiger partial charge in [-0.15, -0.1) is 0 Å². The van der Waals surface area contributed by atoms with Crippen molar-refractivity contribution in [2.45, 2.75) is 18.7 Å². The van der Waals surface area contributed by atoms with E-state index < -0.39 is 10.0 Å². The molecule has 0 aliphatic carbocycles. The first-order chi connectivity index (χ1) is 9.34. The van der Waals surface area contributed by atoms with Crippen molar-refractivity contribution in [3.63, 3.8) is 0 Å². The number of anilines is 1. The average molecular weight is 354 g/mol. The summed E-state index contributed by atoms with van der Waals surface area (Å²) in [6.07, 6.45) is 0. The highest BCUT2D eigenvalue weighted by atomic mass is 79.9. The molecule has 0 amide bonds. The number of aryl methyl sites for hydroxylation is 1. The van der Waals surface area contributed by atoms with Crippen LogP contribution in [0.1, 0.15) is 11.1 Å². The van der Waals surface area contributed by atoms with Gasteiger partial charge in [-0.05, 0) is 55.3 Å². The summed E-state index contributed by atoms with van der Waals surface area (Å²) in [7, 11) is -1.95. The molecule has 0 heterocycles. The van der Waals surface area contributed by atoms with Gasteiger partial charge >= 0.3 is 0 Å². The third-order valence-electron chi connectivity index (χ3n) is 3.39. The van der Waals surface area contributed by atoms with Crippen LogP contribution < -0.4 is 4.31 Å². The smallest absolute Gasteiger partial charge is 0.264 e. The predicted molar refractivity (Wildman–Crippen MR) is 85.6 cm³/mol. The van der Waals surface area contributed by atoms with Gasteiger partial charge in [0.05, 0.1) is 10.6 Å². The highest BCUT2D eigenvalue weighted by Crippen LogP contribution is 2.27. The number of hydrogen-bond donors (Lipinski definition) is 0. The Kier molecular flexibility index (Phi) is 4.20. The average Bonchev–Trinajstić information content (AvgIpc) is 2.41. The van der Waals surface area contributed by atoms with E-state index >= 15 is 0 Å². The Morgan fingerprint density at radius 1 is 1.00 bits per heavy atom. The summed E-state index contributed by atoms with van der Waals surface area (Å²) < 4.78 is 27.4. The number of benzene rings is 2. The van der Waals surface area contributed by atoms with Gasteiger partial charge < -0.3 is 0 Å². The number of nitrogens with zero attached hydrogens (tertiary/aromatic N) is 1. The summed E-state index contributed by atoms with van der Waals surface area (Å²) >= 11 is 3.31. The first-order valence-electron chi connectivity index (χ1n) is 6.15. The lowest BCUT2D eigenvalue weighted by molar-refractivity contribution is 0.594. The Morgan fingerprint density at radius 3 is 2.20 bits per heavy atom. The fourth-order valence-corrected chi connectivity index (χ4v) is 3.49. The van der Waals surface area contributed by atoms with Gasteiger partial charge in [-0.25, -0.2) is 8.42 Å². The van der Waals surface area contributed by atoms with E-state index in [2.05, 4.69) is 15.9 Å². The minimum absolute atomic E-state index is 0.282. The van der Waals surface area contributed by atoms with E-state index in [-0.39, 0.29) is 4.90 Å². The van der Waals surface area contributed by atoms with Crippen molar-refractivity contribution < 1.29 is 8.42 Å². The van der Waals surface area contributed by atoms with Gasteiger partial charge in [0.25, 0.3) is 10.0 Å². The van der Waals surface area contributed by atoms with Crippen molar-refractivity contribution in [1.29, 1.82) is 0 Å². The van der Waals surface area contributed by atoms with Crippen LogP contribution in [-0.2, 0) is 10.0 Å². The van der Waals surface area contributed by atoms with Gasteiger partial charge in [-0.1, -0.05) is 28.1 Å². The minimum Gasteiger partial charge on any atom is -0.269 e. The lowest BCUT2D eigenvalue weighted by atomic mass is 10.1. The number of halogens is 1. The normalized spacial score (nSPS) is 11.4. The Hall–Kier alpha value is -1.33. The van der Waals surface area contributed by atoms with Crippen molar-refractivity contribution in [1.82, 2.24) is 0 Å². The molecule has 0 aliphatic heterocycles. The van der Waals surface area contributed by atoms with E-state index in [9.17, 15) is 8.42 Å². The van der Waals surface area contributed by atoms with Crippen LogP contribution in [0.3, 0.4) is 0 Å². The van der Waals surface area contributed by atoms with E-state index in [1.54, 1.807) is 31.3 Å². The van der Waals surface area contributed by atoms with Crippen LogP contribution in [0.2, 0.25) is 0 Å². The Labute approximate surface area is 128 Å². The Morgan fingerprint density at radius 2 is 1.60 bits per heavy atom. The zero-order valence-corrected chi connectivity index (χ0v) is 14.0. The van der Waals surface area contributed by atoms with Gasteiger partial charge in [-0.2, -0.15) is 0 Å². The van der Waals surface area contributed by atoms with E-state index in [0.717, 1.165) is 15.6 Å². The van der Waals surface area contributed by atoms with Crippen LogP contribution in [0.5, 0.6) is 0 Å². The minimum atomic E-state index is -3.54. The molecule has 0 unspecified atom stereocenters. The predicted octanol–water partition coefficient (Wildman–Crippen LogP) is 3.89. The van der Waals surface area contributed by atoms with Crippen molar-refractivity contribution in [2.75, 3.05) is 11.4 Å². The van der Waals surface area contributed by atoms with Crippen molar-refractivity contribution in [2.24, 2.45) is 0 Å². The third-order valence-corrected chi connectivity index (χ3v) is 5.70. The first-order valence-corrected chi connectivity index (χ1v) is 8.38. The zero-order valence-electron chi connectivity index (χ0n) is 11.6. The number of sulfonamides is 1. The van der Waals surface area contributed by atoms with Crippen LogP contribution in [0.25, 0.3) is 0 Å². The van der Waals surface area contributed by atoms with Crippen molar-refractivity contribution in [3.8, 4) is 0 Å². The molecule has 2 aromatic rings. The Balaban J connectivity index is 2.49. The topological polar surface area (TPSA) is 37.4 Å². The summed E-state index contributed by atoms with van der Waals surface area (Å²) in [6.45, 7) is 3.90. The molecule has 20 heavy (non-hydrogen) atoms. The monoisotopic (exact) mass is 353 g/mol. The second-order valence-corrected chi connectivity index (χ2v) is 7.53. The molecule has 5 heteroatoms. The van der Waals surface area contributed by atoms with E-state index in [4.69, 9.17) is 0 Å². The molecule has 0 fully saturated rings. The highest BCUT2D eigenvalue weighted by Gasteiger charge is 2.22. The van der Waals surface area contributed by atoms with Crippen LogP contribution in [0.15, 0.2) is 51.8 Å². The molecule has 0 spiro atoms. The standard InChI is InChI=1S/C15H16BrNO2S/c1-11-5-4-6-15(12(11)2)17(3)20(18,19)14-9-7-13(16)8-10-14/h4-10H,1-3H3. The van der Waals surface area contributed by atoms with Crippen molar-refractivity contribution in [3.05, 3.63) is 58.1 Å². The summed E-state index contributed by atoms with van der Waals surface area (Å²) in [5, 5.41) is 0. The highest BCUT2D eigenvalue weighted by molar-refractivity contribution is 9.10. The quantitative estimate of drug-likeness (QED) is 0.839. The molecule has 0 radical (unpaired) electrons. The van der Waals surface area contributed by atoms with Gasteiger partial charge in [-0.3, -0.25) is 4.31 Å².